The highest BCUT2D eigenvalue weighted by molar-refractivity contribution is 5.74. The van der Waals surface area contributed by atoms with Gasteiger partial charge in [0.2, 0.25) is 0 Å². The molecule has 1 saturated carbocycles. The minimum absolute atomic E-state index is 0.0273. The Morgan fingerprint density at radius 2 is 2.00 bits per heavy atom. The van der Waals surface area contributed by atoms with Crippen molar-refractivity contribution in [1.29, 1.82) is 0 Å². The summed E-state index contributed by atoms with van der Waals surface area (Å²) >= 11 is 0. The second-order valence-corrected chi connectivity index (χ2v) is 7.30. The number of urea groups is 1. The average molecular weight is 370 g/mol. The fourth-order valence-electron chi connectivity index (χ4n) is 3.66. The molecule has 0 radical (unpaired) electrons. The third-order valence-corrected chi connectivity index (χ3v) is 5.43. The van der Waals surface area contributed by atoms with Crippen molar-refractivity contribution in [2.45, 2.75) is 37.6 Å². The molecular weight excluding hydrogens is 344 g/mol. The van der Waals surface area contributed by atoms with Crippen LogP contribution in [0.5, 0.6) is 11.5 Å². The molecule has 1 saturated heterocycles. The van der Waals surface area contributed by atoms with Gasteiger partial charge in [-0.05, 0) is 43.0 Å². The first kappa shape index (κ1) is 17.7. The van der Waals surface area contributed by atoms with Crippen molar-refractivity contribution in [3.05, 3.63) is 41.2 Å². The van der Waals surface area contributed by atoms with E-state index in [1.807, 2.05) is 17.0 Å². The van der Waals surface area contributed by atoms with E-state index >= 15 is 0 Å². The fraction of sp³-hybridized carbons (Fsp3) is 0.500. The Balaban J connectivity index is 1.32. The summed E-state index contributed by atoms with van der Waals surface area (Å²) in [6.45, 7) is 1.94. The normalized spacial score (nSPS) is 19.2. The zero-order valence-electron chi connectivity index (χ0n) is 15.8. The Hall–Kier alpha value is -2.70. The number of carbonyl (C=O) groups is 1. The van der Waals surface area contributed by atoms with Crippen LogP contribution in [0.4, 0.5) is 4.79 Å². The number of H-pyrrole nitrogens is 1. The number of benzene rings is 1. The summed E-state index contributed by atoms with van der Waals surface area (Å²) in [6.07, 6.45) is 3.39. The van der Waals surface area contributed by atoms with Crippen LogP contribution in [0.25, 0.3) is 0 Å². The SMILES string of the molecule is COc1ccc(C2CCN(C(=O)NCc3cc(C4CC4)n[nH]3)C2)cc1OC. The van der Waals surface area contributed by atoms with Gasteiger partial charge in [-0.2, -0.15) is 5.10 Å². The van der Waals surface area contributed by atoms with E-state index in [0.717, 1.165) is 35.9 Å². The van der Waals surface area contributed by atoms with Crippen LogP contribution in [0, 0.1) is 0 Å². The minimum Gasteiger partial charge on any atom is -0.493 e. The van der Waals surface area contributed by atoms with Gasteiger partial charge in [0.05, 0.1) is 32.2 Å². The second-order valence-electron chi connectivity index (χ2n) is 7.30. The summed E-state index contributed by atoms with van der Waals surface area (Å²) in [4.78, 5) is 14.4. The molecule has 1 aliphatic carbocycles. The number of carbonyl (C=O) groups excluding carboxylic acids is 1. The lowest BCUT2D eigenvalue weighted by molar-refractivity contribution is 0.207. The molecule has 0 spiro atoms. The van der Waals surface area contributed by atoms with Gasteiger partial charge < -0.3 is 19.7 Å². The number of amides is 2. The van der Waals surface area contributed by atoms with Gasteiger partial charge >= 0.3 is 6.03 Å². The van der Waals surface area contributed by atoms with Crippen LogP contribution in [0.2, 0.25) is 0 Å². The minimum atomic E-state index is -0.0273. The maximum atomic E-state index is 12.5. The molecule has 1 unspecified atom stereocenters. The standard InChI is InChI=1S/C20H26N4O3/c1-26-18-6-5-14(9-19(18)27-2)15-7-8-24(12-15)20(25)21-11-16-10-17(23-22-16)13-3-4-13/h5-6,9-10,13,15H,3-4,7-8,11-12H2,1-2H3,(H,21,25)(H,22,23). The van der Waals surface area contributed by atoms with Crippen LogP contribution in [0.15, 0.2) is 24.3 Å². The van der Waals surface area contributed by atoms with Gasteiger partial charge in [-0.25, -0.2) is 4.79 Å². The molecule has 1 aromatic carbocycles. The number of hydrogen-bond donors (Lipinski definition) is 2. The van der Waals surface area contributed by atoms with Crippen LogP contribution >= 0.6 is 0 Å². The molecule has 2 aromatic rings. The molecule has 2 N–H and O–H groups in total. The molecule has 2 aliphatic rings. The fourth-order valence-corrected chi connectivity index (χ4v) is 3.66. The Morgan fingerprint density at radius 1 is 1.19 bits per heavy atom. The molecule has 144 valence electrons. The lowest BCUT2D eigenvalue weighted by atomic mass is 9.98. The average Bonchev–Trinajstić information content (AvgIpc) is 3.24. The van der Waals surface area contributed by atoms with E-state index in [-0.39, 0.29) is 6.03 Å². The summed E-state index contributed by atoms with van der Waals surface area (Å²) in [5.74, 6) is 2.37. The van der Waals surface area contributed by atoms with Crippen molar-refractivity contribution < 1.29 is 14.3 Å². The van der Waals surface area contributed by atoms with Crippen LogP contribution in [-0.4, -0.2) is 48.4 Å². The third kappa shape index (κ3) is 3.86. The molecule has 4 rings (SSSR count). The van der Waals surface area contributed by atoms with E-state index in [9.17, 15) is 4.79 Å². The first-order chi connectivity index (χ1) is 13.2. The van der Waals surface area contributed by atoms with Gasteiger partial charge in [-0.3, -0.25) is 5.10 Å². The zero-order chi connectivity index (χ0) is 18.8. The van der Waals surface area contributed by atoms with Crippen LogP contribution < -0.4 is 14.8 Å². The number of nitrogens with zero attached hydrogens (tertiary/aromatic N) is 2. The molecule has 27 heavy (non-hydrogen) atoms. The Morgan fingerprint density at radius 3 is 2.74 bits per heavy atom. The summed E-state index contributed by atoms with van der Waals surface area (Å²) in [7, 11) is 3.27. The van der Waals surface area contributed by atoms with Gasteiger partial charge in [0.1, 0.15) is 0 Å². The number of aromatic nitrogens is 2. The lowest BCUT2D eigenvalue weighted by Crippen LogP contribution is -2.38. The number of hydrogen-bond acceptors (Lipinski definition) is 4. The predicted molar refractivity (Wildman–Crippen MR) is 101 cm³/mol. The van der Waals surface area contributed by atoms with E-state index in [2.05, 4.69) is 27.6 Å². The van der Waals surface area contributed by atoms with Gasteiger partial charge in [-0.15, -0.1) is 0 Å². The quantitative estimate of drug-likeness (QED) is 0.819. The molecule has 1 atom stereocenters. The van der Waals surface area contributed by atoms with Crippen molar-refractivity contribution >= 4 is 6.03 Å². The van der Waals surface area contributed by atoms with Crippen molar-refractivity contribution in [3.8, 4) is 11.5 Å². The molecular formula is C20H26N4O3. The number of rotatable bonds is 6. The van der Waals surface area contributed by atoms with E-state index in [0.29, 0.717) is 24.9 Å². The smallest absolute Gasteiger partial charge is 0.317 e. The highest BCUT2D eigenvalue weighted by atomic mass is 16.5. The molecule has 2 fully saturated rings. The Labute approximate surface area is 159 Å². The second kappa shape index (κ2) is 7.50. The molecule has 1 aromatic heterocycles. The molecule has 2 heterocycles. The summed E-state index contributed by atoms with van der Waals surface area (Å²) in [5, 5.41) is 10.3. The molecule has 1 aliphatic heterocycles. The highest BCUT2D eigenvalue weighted by Gasteiger charge is 2.28. The maximum Gasteiger partial charge on any atom is 0.317 e. The lowest BCUT2D eigenvalue weighted by Gasteiger charge is -2.18. The molecule has 0 bridgehead atoms. The number of nitrogens with one attached hydrogen (secondary N) is 2. The first-order valence-electron chi connectivity index (χ1n) is 9.46. The van der Waals surface area contributed by atoms with Gasteiger partial charge in [0.25, 0.3) is 0 Å². The number of aromatic amines is 1. The Kier molecular flexibility index (Phi) is 4.92. The molecule has 2 amide bonds. The summed E-state index contributed by atoms with van der Waals surface area (Å²) in [5.41, 5.74) is 3.25. The van der Waals surface area contributed by atoms with Gasteiger partial charge in [0.15, 0.2) is 11.5 Å². The van der Waals surface area contributed by atoms with E-state index in [1.54, 1.807) is 14.2 Å². The largest absolute Gasteiger partial charge is 0.493 e. The third-order valence-electron chi connectivity index (χ3n) is 5.43. The number of ether oxygens (including phenoxy) is 2. The monoisotopic (exact) mass is 370 g/mol. The summed E-state index contributed by atoms with van der Waals surface area (Å²) < 4.78 is 10.7. The van der Waals surface area contributed by atoms with E-state index in [1.165, 1.54) is 18.4 Å². The number of methoxy groups -OCH3 is 2. The zero-order valence-corrected chi connectivity index (χ0v) is 15.8. The van der Waals surface area contributed by atoms with E-state index in [4.69, 9.17) is 9.47 Å². The van der Waals surface area contributed by atoms with Crippen LogP contribution in [0.1, 0.15) is 48.0 Å². The molecule has 7 heteroatoms. The van der Waals surface area contributed by atoms with Gasteiger partial charge in [0, 0.05) is 24.9 Å². The maximum absolute atomic E-state index is 12.5. The predicted octanol–water partition coefficient (Wildman–Crippen LogP) is 3.00. The van der Waals surface area contributed by atoms with Crippen LogP contribution in [0.3, 0.4) is 0 Å². The molecule has 7 nitrogen and oxygen atoms in total. The topological polar surface area (TPSA) is 79.5 Å². The summed E-state index contributed by atoms with van der Waals surface area (Å²) in [6, 6.07) is 8.02. The van der Waals surface area contributed by atoms with Crippen molar-refractivity contribution in [2.75, 3.05) is 27.3 Å². The van der Waals surface area contributed by atoms with Crippen LogP contribution in [-0.2, 0) is 6.54 Å². The van der Waals surface area contributed by atoms with Crippen molar-refractivity contribution in [3.63, 3.8) is 0 Å². The van der Waals surface area contributed by atoms with Crippen molar-refractivity contribution in [1.82, 2.24) is 20.4 Å². The Bertz CT molecular complexity index is 815. The van der Waals surface area contributed by atoms with E-state index < -0.39 is 0 Å². The van der Waals surface area contributed by atoms with Crippen molar-refractivity contribution in [2.24, 2.45) is 0 Å². The van der Waals surface area contributed by atoms with Gasteiger partial charge in [-0.1, -0.05) is 6.07 Å². The highest BCUT2D eigenvalue weighted by Crippen LogP contribution is 2.39. The first-order valence-corrected chi connectivity index (χ1v) is 9.46. The number of likely N-dealkylation sites (tertiary alicyclic amines) is 1.